The van der Waals surface area contributed by atoms with Crippen LogP contribution in [0, 0.1) is 0 Å². The maximum absolute atomic E-state index is 14.8. The largest absolute Gasteiger partial charge is 0.340 e. The molecule has 0 saturated carbocycles. The van der Waals surface area contributed by atoms with Crippen molar-refractivity contribution in [2.24, 2.45) is 0 Å². The molecule has 4 nitrogen and oxygen atoms in total. The summed E-state index contributed by atoms with van der Waals surface area (Å²) >= 11 is 0. The summed E-state index contributed by atoms with van der Waals surface area (Å²) in [5.41, 5.74) is 12.5. The van der Waals surface area contributed by atoms with E-state index in [1.807, 2.05) is 20.9 Å². The standard InChI is InChI=1S/C35H21B2N3O/c41-35-38-28-20-9-7-16-24(28)30-33(38)40-32-26(36(30)22-12-3-1-4-13-22)18-11-19-27(32)37(23-14-5-2-6-15-23)31-25-17-8-10-21-29(25)39(35)34(31)40/h1-21H. The first kappa shape index (κ1) is 21.6. The van der Waals surface area contributed by atoms with Gasteiger partial charge in [0.2, 0.25) is 13.4 Å². The van der Waals surface area contributed by atoms with Gasteiger partial charge in [0.15, 0.2) is 0 Å². The Morgan fingerprint density at radius 1 is 0.463 bits per heavy atom. The van der Waals surface area contributed by atoms with Gasteiger partial charge in [-0.1, -0.05) is 126 Å². The molecule has 5 heterocycles. The van der Waals surface area contributed by atoms with Crippen LogP contribution in [0.5, 0.6) is 0 Å². The quantitative estimate of drug-likeness (QED) is 0.322. The van der Waals surface area contributed by atoms with Crippen molar-refractivity contribution in [3.8, 4) is 5.69 Å². The van der Waals surface area contributed by atoms with Gasteiger partial charge in [-0.05, 0) is 44.8 Å². The summed E-state index contributed by atoms with van der Waals surface area (Å²) in [5, 5.41) is 2.25. The summed E-state index contributed by atoms with van der Waals surface area (Å²) in [6.07, 6.45) is 0. The number of benzene rings is 5. The van der Waals surface area contributed by atoms with Crippen molar-refractivity contribution in [3.05, 3.63) is 138 Å². The molecule has 3 aromatic heterocycles. The Bertz CT molecular complexity index is 2290. The summed E-state index contributed by atoms with van der Waals surface area (Å²) in [6.45, 7) is 0.00973. The highest BCUT2D eigenvalue weighted by atomic mass is 16.1. The van der Waals surface area contributed by atoms with Gasteiger partial charge in [0.1, 0.15) is 11.3 Å². The topological polar surface area (TPSA) is 30.8 Å². The highest BCUT2D eigenvalue weighted by molar-refractivity contribution is 7.02. The fraction of sp³-hybridized carbons (Fsp3) is 0. The molecule has 0 unspecified atom stereocenters. The Balaban J connectivity index is 1.55. The molecule has 2 aliphatic heterocycles. The van der Waals surface area contributed by atoms with Crippen molar-refractivity contribution in [1.82, 2.24) is 13.4 Å². The van der Waals surface area contributed by atoms with Crippen LogP contribution in [0.4, 0.5) is 0 Å². The highest BCUT2D eigenvalue weighted by Crippen LogP contribution is 2.30. The SMILES string of the molecule is O=c1n2c3ccccc3c3c2n2c4c(c5ccccc5n14)B(c1ccccc1)c1cccc(c1-2)B3c1ccccc1. The second-order valence-corrected chi connectivity index (χ2v) is 11.3. The second kappa shape index (κ2) is 7.49. The van der Waals surface area contributed by atoms with Gasteiger partial charge in [0.25, 0.3) is 0 Å². The van der Waals surface area contributed by atoms with Crippen molar-refractivity contribution in [1.29, 1.82) is 0 Å². The van der Waals surface area contributed by atoms with Gasteiger partial charge in [0.05, 0.1) is 11.0 Å². The minimum atomic E-state index is -0.0161. The van der Waals surface area contributed by atoms with Crippen LogP contribution in [0.25, 0.3) is 38.8 Å². The van der Waals surface area contributed by atoms with E-state index in [1.54, 1.807) is 0 Å². The van der Waals surface area contributed by atoms with Gasteiger partial charge in [-0.3, -0.25) is 4.57 Å². The molecule has 0 bridgehead atoms. The zero-order valence-electron chi connectivity index (χ0n) is 22.0. The van der Waals surface area contributed by atoms with Crippen molar-refractivity contribution in [3.63, 3.8) is 0 Å². The molecule has 10 rings (SSSR count). The minimum absolute atomic E-state index is 0.00486. The van der Waals surface area contributed by atoms with E-state index in [0.717, 1.165) is 33.1 Å². The molecule has 0 saturated heterocycles. The molecule has 0 aliphatic carbocycles. The van der Waals surface area contributed by atoms with Gasteiger partial charge < -0.3 is 0 Å². The number of nitrogens with zero attached hydrogens (tertiary/aromatic N) is 3. The van der Waals surface area contributed by atoms with Crippen LogP contribution in [0.15, 0.2) is 132 Å². The molecule has 0 N–H and O–H groups in total. The van der Waals surface area contributed by atoms with Gasteiger partial charge in [-0.25, -0.2) is 13.6 Å². The van der Waals surface area contributed by atoms with Crippen molar-refractivity contribution >= 4 is 79.3 Å². The van der Waals surface area contributed by atoms with Gasteiger partial charge >= 0.3 is 5.69 Å². The van der Waals surface area contributed by atoms with Crippen LogP contribution in [-0.2, 0) is 0 Å². The molecule has 2 aliphatic rings. The molecule has 0 fully saturated rings. The Morgan fingerprint density at radius 3 is 1.39 bits per heavy atom. The molecule has 8 aromatic rings. The van der Waals surface area contributed by atoms with E-state index in [1.165, 1.54) is 38.5 Å². The lowest BCUT2D eigenvalue weighted by Crippen LogP contribution is -2.63. The molecule has 41 heavy (non-hydrogen) atoms. The first-order chi connectivity index (χ1) is 20.3. The number of rotatable bonds is 2. The zero-order chi connectivity index (χ0) is 26.8. The third kappa shape index (κ3) is 2.48. The van der Waals surface area contributed by atoms with Gasteiger partial charge in [-0.15, -0.1) is 0 Å². The molecule has 0 atom stereocenters. The smallest absolute Gasteiger partial charge is 0.283 e. The molecule has 6 heteroatoms. The predicted molar refractivity (Wildman–Crippen MR) is 171 cm³/mol. The molecule has 0 spiro atoms. The van der Waals surface area contributed by atoms with E-state index in [9.17, 15) is 4.79 Å². The first-order valence-corrected chi connectivity index (χ1v) is 14.2. The van der Waals surface area contributed by atoms with Crippen molar-refractivity contribution < 1.29 is 0 Å². The van der Waals surface area contributed by atoms with E-state index in [2.05, 4.69) is 120 Å². The fourth-order valence-electron chi connectivity index (χ4n) is 7.91. The number of aromatic nitrogens is 3. The average molecular weight is 521 g/mol. The molecule has 0 radical (unpaired) electrons. The normalized spacial score (nSPS) is 13.4. The van der Waals surface area contributed by atoms with Crippen molar-refractivity contribution in [2.75, 3.05) is 0 Å². The predicted octanol–water partition coefficient (Wildman–Crippen LogP) is 2.31. The highest BCUT2D eigenvalue weighted by Gasteiger charge is 2.44. The Kier molecular flexibility index (Phi) is 3.94. The lowest BCUT2D eigenvalue weighted by Gasteiger charge is -2.34. The Labute approximate surface area is 235 Å². The summed E-state index contributed by atoms with van der Waals surface area (Å²) in [7, 11) is 0. The summed E-state index contributed by atoms with van der Waals surface area (Å²) < 4.78 is 6.34. The van der Waals surface area contributed by atoms with Crippen LogP contribution in [0.2, 0.25) is 0 Å². The molecular weight excluding hydrogens is 500 g/mol. The number of para-hydroxylation sites is 3. The molecule has 188 valence electrons. The van der Waals surface area contributed by atoms with E-state index < -0.39 is 0 Å². The fourth-order valence-corrected chi connectivity index (χ4v) is 7.91. The molecule has 5 aromatic carbocycles. The van der Waals surface area contributed by atoms with Crippen molar-refractivity contribution in [2.45, 2.75) is 0 Å². The molecule has 0 amide bonds. The summed E-state index contributed by atoms with van der Waals surface area (Å²) in [4.78, 5) is 14.8. The summed E-state index contributed by atoms with van der Waals surface area (Å²) in [6, 6.07) is 45.1. The van der Waals surface area contributed by atoms with E-state index in [-0.39, 0.29) is 19.1 Å². The van der Waals surface area contributed by atoms with Gasteiger partial charge in [-0.2, -0.15) is 0 Å². The third-order valence-corrected chi connectivity index (χ3v) is 9.37. The third-order valence-electron chi connectivity index (χ3n) is 9.37. The van der Waals surface area contributed by atoms with E-state index >= 15 is 0 Å². The van der Waals surface area contributed by atoms with Gasteiger partial charge in [0, 0.05) is 5.69 Å². The zero-order valence-corrected chi connectivity index (χ0v) is 22.0. The van der Waals surface area contributed by atoms with Crippen LogP contribution in [-0.4, -0.2) is 26.8 Å². The lowest BCUT2D eigenvalue weighted by molar-refractivity contribution is 0.916. The second-order valence-electron chi connectivity index (χ2n) is 11.3. The first-order valence-electron chi connectivity index (χ1n) is 14.2. The van der Waals surface area contributed by atoms with E-state index in [0.29, 0.717) is 0 Å². The maximum Gasteiger partial charge on any atom is 0.340 e. The summed E-state index contributed by atoms with van der Waals surface area (Å²) in [5.74, 6) is 0. The maximum atomic E-state index is 14.8. The molecular formula is C35H21B2N3O. The monoisotopic (exact) mass is 521 g/mol. The Hall–Kier alpha value is -5.22. The van der Waals surface area contributed by atoms with Crippen LogP contribution < -0.4 is 38.5 Å². The minimum Gasteiger partial charge on any atom is -0.283 e. The number of fused-ring (bicyclic) bond motifs is 6. The van der Waals surface area contributed by atoms with Crippen LogP contribution >= 0.6 is 0 Å². The lowest BCUT2D eigenvalue weighted by atomic mass is 9.31. The number of hydrogen-bond acceptors (Lipinski definition) is 1. The number of hydrogen-bond donors (Lipinski definition) is 0. The van der Waals surface area contributed by atoms with Crippen LogP contribution in [0.1, 0.15) is 0 Å². The van der Waals surface area contributed by atoms with E-state index in [4.69, 9.17) is 0 Å². The van der Waals surface area contributed by atoms with Crippen LogP contribution in [0.3, 0.4) is 0 Å². The Morgan fingerprint density at radius 2 is 0.902 bits per heavy atom. The average Bonchev–Trinajstić information content (AvgIpc) is 3.56.